The average Bonchev–Trinajstić information content (AvgIpc) is 2.39. The lowest BCUT2D eigenvalue weighted by molar-refractivity contribution is 0.378. The highest BCUT2D eigenvalue weighted by atomic mass is 16.5. The zero-order chi connectivity index (χ0) is 13.0. The van der Waals surface area contributed by atoms with Gasteiger partial charge in [-0.2, -0.15) is 15.0 Å². The second kappa shape index (κ2) is 5.27. The van der Waals surface area contributed by atoms with Crippen molar-refractivity contribution in [3.8, 4) is 6.01 Å². The normalized spacial score (nSPS) is 9.89. The Morgan fingerprint density at radius 3 is 2.50 bits per heavy atom. The highest BCUT2D eigenvalue weighted by Crippen LogP contribution is 2.16. The lowest BCUT2D eigenvalue weighted by Crippen LogP contribution is -2.04. The van der Waals surface area contributed by atoms with Gasteiger partial charge in [0.25, 0.3) is 0 Å². The van der Waals surface area contributed by atoms with Crippen LogP contribution in [0.5, 0.6) is 6.01 Å². The third-order valence-corrected chi connectivity index (χ3v) is 2.21. The van der Waals surface area contributed by atoms with E-state index in [-0.39, 0.29) is 6.01 Å². The van der Waals surface area contributed by atoms with Crippen molar-refractivity contribution in [1.29, 1.82) is 0 Å². The molecule has 5 nitrogen and oxygen atoms in total. The van der Waals surface area contributed by atoms with E-state index in [0.717, 1.165) is 11.3 Å². The molecule has 1 heterocycles. The summed E-state index contributed by atoms with van der Waals surface area (Å²) in [6, 6.07) is 9.92. The first-order valence-corrected chi connectivity index (χ1v) is 5.47. The molecule has 0 saturated carbocycles. The fraction of sp³-hybridized carbons (Fsp3) is 0.154. The lowest BCUT2D eigenvalue weighted by atomic mass is 10.3. The molecule has 0 atom stereocenters. The third-order valence-electron chi connectivity index (χ3n) is 2.21. The molecular weight excluding hydrogens is 228 g/mol. The lowest BCUT2D eigenvalue weighted by Gasteiger charge is -2.07. The van der Waals surface area contributed by atoms with Crippen molar-refractivity contribution in [1.82, 2.24) is 15.0 Å². The summed E-state index contributed by atoms with van der Waals surface area (Å²) in [4.78, 5) is 12.5. The van der Waals surface area contributed by atoms with E-state index in [1.165, 1.54) is 7.11 Å². The molecule has 0 bridgehead atoms. The summed E-state index contributed by atoms with van der Waals surface area (Å²) in [6.45, 7) is 5.65. The summed E-state index contributed by atoms with van der Waals surface area (Å²) in [5.41, 5.74) is 1.66. The van der Waals surface area contributed by atoms with E-state index in [4.69, 9.17) is 4.74 Å². The molecule has 18 heavy (non-hydrogen) atoms. The van der Waals surface area contributed by atoms with Crippen LogP contribution >= 0.6 is 0 Å². The molecule has 0 saturated heterocycles. The van der Waals surface area contributed by atoms with Crippen LogP contribution in [0.15, 0.2) is 36.9 Å². The van der Waals surface area contributed by atoms with Crippen molar-refractivity contribution >= 4 is 17.2 Å². The minimum atomic E-state index is 0.265. The molecule has 0 aliphatic rings. The maximum absolute atomic E-state index is 5.04. The smallest absolute Gasteiger partial charge is 0.321 e. The van der Waals surface area contributed by atoms with Gasteiger partial charge in [0.1, 0.15) is 0 Å². The van der Waals surface area contributed by atoms with Crippen molar-refractivity contribution in [3.05, 3.63) is 42.7 Å². The van der Waals surface area contributed by atoms with Crippen LogP contribution < -0.4 is 10.1 Å². The van der Waals surface area contributed by atoms with Gasteiger partial charge in [-0.05, 0) is 24.6 Å². The largest absolute Gasteiger partial charge is 0.467 e. The number of rotatable bonds is 4. The van der Waals surface area contributed by atoms with Crippen LogP contribution in [0.25, 0.3) is 5.57 Å². The molecule has 0 unspecified atom stereocenters. The van der Waals surface area contributed by atoms with Gasteiger partial charge in [0.15, 0.2) is 5.82 Å². The van der Waals surface area contributed by atoms with Gasteiger partial charge in [-0.1, -0.05) is 24.8 Å². The topological polar surface area (TPSA) is 59.9 Å². The van der Waals surface area contributed by atoms with Crippen LogP contribution in [0.1, 0.15) is 12.7 Å². The molecule has 1 N–H and O–H groups in total. The Hall–Kier alpha value is -2.43. The maximum atomic E-state index is 5.04. The molecule has 0 amide bonds. The Morgan fingerprint density at radius 1 is 1.17 bits per heavy atom. The van der Waals surface area contributed by atoms with Crippen LogP contribution in [0.4, 0.5) is 11.6 Å². The summed E-state index contributed by atoms with van der Waals surface area (Å²) in [5, 5.41) is 3.09. The number of hydrogen-bond acceptors (Lipinski definition) is 5. The summed E-state index contributed by atoms with van der Waals surface area (Å²) in [6.07, 6.45) is 0. The van der Waals surface area contributed by atoms with Gasteiger partial charge in [0.2, 0.25) is 5.95 Å². The maximum Gasteiger partial charge on any atom is 0.321 e. The van der Waals surface area contributed by atoms with Crippen LogP contribution in [-0.2, 0) is 0 Å². The minimum Gasteiger partial charge on any atom is -0.467 e. The molecule has 1 aromatic heterocycles. The second-order valence-electron chi connectivity index (χ2n) is 3.74. The number of hydrogen-bond donors (Lipinski definition) is 1. The summed E-state index contributed by atoms with van der Waals surface area (Å²) >= 11 is 0. The minimum absolute atomic E-state index is 0.265. The number of benzene rings is 1. The summed E-state index contributed by atoms with van der Waals surface area (Å²) in [5.74, 6) is 0.950. The van der Waals surface area contributed by atoms with E-state index in [1.807, 2.05) is 37.3 Å². The molecule has 2 aromatic rings. The zero-order valence-corrected chi connectivity index (χ0v) is 10.3. The number of anilines is 2. The Balaban J connectivity index is 2.32. The molecule has 0 fully saturated rings. The first-order chi connectivity index (χ1) is 8.69. The van der Waals surface area contributed by atoms with Crippen molar-refractivity contribution in [2.45, 2.75) is 6.92 Å². The summed E-state index contributed by atoms with van der Waals surface area (Å²) in [7, 11) is 1.52. The van der Waals surface area contributed by atoms with E-state index in [2.05, 4.69) is 26.8 Å². The number of methoxy groups -OCH3 is 1. The van der Waals surface area contributed by atoms with Crippen LogP contribution in [0.2, 0.25) is 0 Å². The molecule has 0 radical (unpaired) electrons. The van der Waals surface area contributed by atoms with Crippen LogP contribution in [-0.4, -0.2) is 22.1 Å². The fourth-order valence-corrected chi connectivity index (χ4v) is 1.35. The fourth-order valence-electron chi connectivity index (χ4n) is 1.35. The number of nitrogens with one attached hydrogen (secondary N) is 1. The second-order valence-corrected chi connectivity index (χ2v) is 3.74. The van der Waals surface area contributed by atoms with Gasteiger partial charge in [-0.15, -0.1) is 0 Å². The Kier molecular flexibility index (Phi) is 3.52. The third kappa shape index (κ3) is 2.82. The zero-order valence-electron chi connectivity index (χ0n) is 10.3. The summed E-state index contributed by atoms with van der Waals surface area (Å²) < 4.78 is 5.04. The number of allylic oxidation sites excluding steroid dienone is 1. The van der Waals surface area contributed by atoms with Gasteiger partial charge >= 0.3 is 6.01 Å². The van der Waals surface area contributed by atoms with E-state index in [0.29, 0.717) is 11.8 Å². The molecule has 5 heteroatoms. The average molecular weight is 242 g/mol. The van der Waals surface area contributed by atoms with Gasteiger partial charge < -0.3 is 10.1 Å². The molecular formula is C13H14N4O. The van der Waals surface area contributed by atoms with Crippen molar-refractivity contribution in [2.75, 3.05) is 12.4 Å². The van der Waals surface area contributed by atoms with Gasteiger partial charge in [-0.25, -0.2) is 0 Å². The Bertz CT molecular complexity index is 554. The van der Waals surface area contributed by atoms with Gasteiger partial charge in [-0.3, -0.25) is 0 Å². The Labute approximate surface area is 106 Å². The monoisotopic (exact) mass is 242 g/mol. The number of ether oxygens (including phenoxy) is 1. The predicted octanol–water partition coefficient (Wildman–Crippen LogP) is 2.66. The first-order valence-electron chi connectivity index (χ1n) is 5.47. The molecule has 0 aliphatic carbocycles. The first kappa shape index (κ1) is 12.0. The van der Waals surface area contributed by atoms with Crippen molar-refractivity contribution in [2.24, 2.45) is 0 Å². The van der Waals surface area contributed by atoms with Crippen LogP contribution in [0, 0.1) is 0 Å². The number of nitrogens with zero attached hydrogens (tertiary/aromatic N) is 3. The Morgan fingerprint density at radius 2 is 1.89 bits per heavy atom. The van der Waals surface area contributed by atoms with E-state index >= 15 is 0 Å². The molecule has 2 rings (SSSR count). The van der Waals surface area contributed by atoms with Crippen molar-refractivity contribution in [3.63, 3.8) is 0 Å². The number of para-hydroxylation sites is 1. The highest BCUT2D eigenvalue weighted by molar-refractivity contribution is 5.58. The predicted molar refractivity (Wildman–Crippen MR) is 70.8 cm³/mol. The molecule has 0 aliphatic heterocycles. The van der Waals surface area contributed by atoms with Gasteiger partial charge in [0.05, 0.1) is 7.11 Å². The number of aromatic nitrogens is 3. The highest BCUT2D eigenvalue weighted by Gasteiger charge is 2.07. The van der Waals surface area contributed by atoms with E-state index in [1.54, 1.807) is 0 Å². The molecule has 1 aromatic carbocycles. The van der Waals surface area contributed by atoms with Gasteiger partial charge in [0, 0.05) is 5.69 Å². The molecule has 0 spiro atoms. The molecule has 92 valence electrons. The van der Waals surface area contributed by atoms with E-state index < -0.39 is 0 Å². The van der Waals surface area contributed by atoms with Crippen molar-refractivity contribution < 1.29 is 4.74 Å². The van der Waals surface area contributed by atoms with E-state index in [9.17, 15) is 0 Å². The quantitative estimate of drug-likeness (QED) is 0.893. The van der Waals surface area contributed by atoms with Crippen LogP contribution in [0.3, 0.4) is 0 Å². The SMILES string of the molecule is C=C(C)c1nc(Nc2ccccc2)nc(OC)n1. The standard InChI is InChI=1S/C13H14N4O/c1-9(2)11-15-12(17-13(16-11)18-3)14-10-7-5-4-6-8-10/h4-8H,1H2,2-3H3,(H,14,15,16,17).